The summed E-state index contributed by atoms with van der Waals surface area (Å²) in [6.07, 6.45) is 4.70. The highest BCUT2D eigenvalue weighted by Gasteiger charge is 2.34. The van der Waals surface area contributed by atoms with Gasteiger partial charge in [0.25, 0.3) is 0 Å². The van der Waals surface area contributed by atoms with Gasteiger partial charge in [-0.15, -0.1) is 12.4 Å². The van der Waals surface area contributed by atoms with Crippen LogP contribution in [0.4, 0.5) is 16.2 Å². The van der Waals surface area contributed by atoms with Gasteiger partial charge in [0, 0.05) is 56.7 Å². The molecule has 3 heterocycles. The van der Waals surface area contributed by atoms with Crippen LogP contribution in [0.5, 0.6) is 0 Å². The highest BCUT2D eigenvalue weighted by atomic mass is 35.5. The summed E-state index contributed by atoms with van der Waals surface area (Å²) in [5.74, 6) is -0.0694. The molecule has 8 nitrogen and oxygen atoms in total. The lowest BCUT2D eigenvalue weighted by Crippen LogP contribution is -2.46. The van der Waals surface area contributed by atoms with Crippen molar-refractivity contribution in [2.24, 2.45) is 13.0 Å². The first-order valence-electron chi connectivity index (χ1n) is 9.27. The Morgan fingerprint density at radius 3 is 2.93 bits per heavy atom. The Hall–Kier alpha value is -2.58. The molecule has 0 bridgehead atoms. The monoisotopic (exact) mass is 404 g/mol. The number of urea groups is 1. The van der Waals surface area contributed by atoms with E-state index in [0.717, 1.165) is 24.2 Å². The number of carbonyl (C=O) groups excluding carboxylic acids is 2. The number of benzene rings is 1. The van der Waals surface area contributed by atoms with Crippen molar-refractivity contribution in [1.29, 1.82) is 0 Å². The summed E-state index contributed by atoms with van der Waals surface area (Å²) in [6.45, 7) is 2.78. The van der Waals surface area contributed by atoms with Gasteiger partial charge in [0.05, 0.1) is 12.1 Å². The van der Waals surface area contributed by atoms with Crippen LogP contribution in [0, 0.1) is 5.92 Å². The summed E-state index contributed by atoms with van der Waals surface area (Å²) in [5.41, 5.74) is 2.56. The summed E-state index contributed by atoms with van der Waals surface area (Å²) >= 11 is 0. The van der Waals surface area contributed by atoms with Gasteiger partial charge in [-0.3, -0.25) is 14.4 Å². The molecule has 9 heteroatoms. The SMILES string of the molecule is Cl.Cn1cc([C@H]2CNC[C@@H]2C(=O)Nc2cccc(N3CCCNC3=O)c2)cn1. The summed E-state index contributed by atoms with van der Waals surface area (Å²) in [7, 11) is 1.88. The van der Waals surface area contributed by atoms with E-state index in [9.17, 15) is 9.59 Å². The summed E-state index contributed by atoms with van der Waals surface area (Å²) < 4.78 is 1.76. The molecule has 0 saturated carbocycles. The van der Waals surface area contributed by atoms with E-state index < -0.39 is 0 Å². The molecule has 2 atom stereocenters. The van der Waals surface area contributed by atoms with E-state index in [1.54, 1.807) is 9.58 Å². The molecule has 0 aliphatic carbocycles. The Balaban J connectivity index is 0.00000225. The number of aromatic nitrogens is 2. The third kappa shape index (κ3) is 4.13. The molecule has 2 aliphatic heterocycles. The van der Waals surface area contributed by atoms with Crippen LogP contribution >= 0.6 is 12.4 Å². The first-order chi connectivity index (χ1) is 13.1. The zero-order chi connectivity index (χ0) is 18.8. The van der Waals surface area contributed by atoms with E-state index in [4.69, 9.17) is 0 Å². The standard InChI is InChI=1S/C19H24N6O2.ClH/c1-24-12-13(9-22-24)16-10-20-11-17(16)18(26)23-14-4-2-5-15(8-14)25-7-3-6-21-19(25)27;/h2,4-5,8-9,12,16-17,20H,3,6-7,10-11H2,1H3,(H,21,27)(H,23,26);1H/t16-,17+;/m1./s1. The van der Waals surface area contributed by atoms with Gasteiger partial charge >= 0.3 is 6.03 Å². The molecule has 2 fully saturated rings. The fraction of sp³-hybridized carbons (Fsp3) is 0.421. The van der Waals surface area contributed by atoms with Crippen LogP contribution in [0.15, 0.2) is 36.7 Å². The number of rotatable bonds is 4. The number of anilines is 2. The minimum Gasteiger partial charge on any atom is -0.338 e. The summed E-state index contributed by atoms with van der Waals surface area (Å²) in [4.78, 5) is 26.6. The van der Waals surface area contributed by atoms with Gasteiger partial charge in [-0.05, 0) is 30.2 Å². The first-order valence-corrected chi connectivity index (χ1v) is 9.27. The average Bonchev–Trinajstić information content (AvgIpc) is 3.31. The fourth-order valence-corrected chi connectivity index (χ4v) is 3.80. The van der Waals surface area contributed by atoms with Crippen molar-refractivity contribution >= 4 is 35.7 Å². The minimum absolute atomic E-state index is 0. The van der Waals surface area contributed by atoms with Gasteiger partial charge in [0.1, 0.15) is 0 Å². The molecule has 0 spiro atoms. The average molecular weight is 405 g/mol. The van der Waals surface area contributed by atoms with Crippen molar-refractivity contribution in [3.05, 3.63) is 42.2 Å². The second kappa shape index (κ2) is 8.62. The second-order valence-electron chi connectivity index (χ2n) is 7.10. The van der Waals surface area contributed by atoms with Crippen LogP contribution in [0.1, 0.15) is 17.9 Å². The van der Waals surface area contributed by atoms with E-state index in [0.29, 0.717) is 25.3 Å². The molecular weight excluding hydrogens is 380 g/mol. The third-order valence-corrected chi connectivity index (χ3v) is 5.21. The largest absolute Gasteiger partial charge is 0.338 e. The highest BCUT2D eigenvalue weighted by molar-refractivity contribution is 5.96. The van der Waals surface area contributed by atoms with Crippen LogP contribution in [0.3, 0.4) is 0 Å². The van der Waals surface area contributed by atoms with Crippen LogP contribution in [-0.4, -0.2) is 47.9 Å². The number of nitrogens with zero attached hydrogens (tertiary/aromatic N) is 3. The first kappa shape index (κ1) is 20.2. The molecule has 3 amide bonds. The van der Waals surface area contributed by atoms with Crippen molar-refractivity contribution < 1.29 is 9.59 Å². The van der Waals surface area contributed by atoms with Crippen LogP contribution in [0.25, 0.3) is 0 Å². The van der Waals surface area contributed by atoms with Crippen LogP contribution < -0.4 is 20.9 Å². The Bertz CT molecular complexity index is 854. The minimum atomic E-state index is -0.156. The number of halogens is 1. The molecule has 0 radical (unpaired) electrons. The van der Waals surface area contributed by atoms with Crippen molar-refractivity contribution in [3.8, 4) is 0 Å². The molecule has 2 aromatic rings. The number of carbonyl (C=O) groups is 2. The van der Waals surface area contributed by atoms with Crippen molar-refractivity contribution in [2.75, 3.05) is 36.4 Å². The fourth-order valence-electron chi connectivity index (χ4n) is 3.80. The molecule has 4 rings (SSSR count). The molecule has 2 saturated heterocycles. The molecular formula is C19H25ClN6O2. The maximum absolute atomic E-state index is 12.9. The van der Waals surface area contributed by atoms with E-state index in [1.807, 2.05) is 43.7 Å². The molecule has 2 aliphatic rings. The van der Waals surface area contributed by atoms with Crippen molar-refractivity contribution in [3.63, 3.8) is 0 Å². The molecule has 0 unspecified atom stereocenters. The van der Waals surface area contributed by atoms with Crippen molar-refractivity contribution in [2.45, 2.75) is 12.3 Å². The third-order valence-electron chi connectivity index (χ3n) is 5.21. The molecule has 3 N–H and O–H groups in total. The predicted molar refractivity (Wildman–Crippen MR) is 110 cm³/mol. The zero-order valence-electron chi connectivity index (χ0n) is 15.7. The van der Waals surface area contributed by atoms with E-state index in [1.165, 1.54) is 0 Å². The topological polar surface area (TPSA) is 91.3 Å². The highest BCUT2D eigenvalue weighted by Crippen LogP contribution is 2.29. The number of hydrogen-bond donors (Lipinski definition) is 3. The number of nitrogens with one attached hydrogen (secondary N) is 3. The second-order valence-corrected chi connectivity index (χ2v) is 7.10. The van der Waals surface area contributed by atoms with Gasteiger partial charge in [-0.25, -0.2) is 4.79 Å². The Kier molecular flexibility index (Phi) is 6.21. The number of hydrogen-bond acceptors (Lipinski definition) is 4. The van der Waals surface area contributed by atoms with Gasteiger partial charge in [0.2, 0.25) is 5.91 Å². The lowest BCUT2D eigenvalue weighted by atomic mass is 9.90. The normalized spacial score (nSPS) is 21.8. The van der Waals surface area contributed by atoms with E-state index in [-0.39, 0.29) is 36.2 Å². The maximum atomic E-state index is 12.9. The quantitative estimate of drug-likeness (QED) is 0.723. The van der Waals surface area contributed by atoms with Crippen molar-refractivity contribution in [1.82, 2.24) is 20.4 Å². The smallest absolute Gasteiger partial charge is 0.321 e. The van der Waals surface area contributed by atoms with E-state index >= 15 is 0 Å². The number of amides is 3. The lowest BCUT2D eigenvalue weighted by Gasteiger charge is -2.28. The molecule has 150 valence electrons. The van der Waals surface area contributed by atoms with Gasteiger partial charge in [-0.1, -0.05) is 6.07 Å². The van der Waals surface area contributed by atoms with Crippen LogP contribution in [0.2, 0.25) is 0 Å². The van der Waals surface area contributed by atoms with Crippen LogP contribution in [-0.2, 0) is 11.8 Å². The van der Waals surface area contributed by atoms with E-state index in [2.05, 4.69) is 21.0 Å². The molecule has 1 aromatic carbocycles. The Morgan fingerprint density at radius 1 is 1.32 bits per heavy atom. The van der Waals surface area contributed by atoms with Gasteiger partial charge in [0.15, 0.2) is 0 Å². The Morgan fingerprint density at radius 2 is 2.18 bits per heavy atom. The predicted octanol–water partition coefficient (Wildman–Crippen LogP) is 1.70. The Labute approximate surface area is 170 Å². The molecule has 1 aromatic heterocycles. The summed E-state index contributed by atoms with van der Waals surface area (Å²) in [5, 5.41) is 13.4. The molecule has 28 heavy (non-hydrogen) atoms. The maximum Gasteiger partial charge on any atom is 0.321 e. The summed E-state index contributed by atoms with van der Waals surface area (Å²) in [6, 6.07) is 7.35. The zero-order valence-corrected chi connectivity index (χ0v) is 16.5. The van der Waals surface area contributed by atoms with Gasteiger partial charge in [-0.2, -0.15) is 5.10 Å². The lowest BCUT2D eigenvalue weighted by molar-refractivity contribution is -0.119. The van der Waals surface area contributed by atoms with Gasteiger partial charge < -0.3 is 16.0 Å². The number of aryl methyl sites for hydroxylation is 1.